The van der Waals surface area contributed by atoms with E-state index in [1.165, 1.54) is 12.1 Å². The zero-order valence-corrected chi connectivity index (χ0v) is 21.0. The maximum atomic E-state index is 12.7. The average molecular weight is 525 g/mol. The van der Waals surface area contributed by atoms with Gasteiger partial charge < -0.3 is 19.6 Å². The number of carbonyl (C=O) groups is 2. The van der Waals surface area contributed by atoms with E-state index < -0.39 is 5.97 Å². The Bertz CT molecular complexity index is 832. The summed E-state index contributed by atoms with van der Waals surface area (Å²) >= 11 is 19.8. The Labute approximate surface area is 208 Å². The second kappa shape index (κ2) is 12.0. The Kier molecular flexibility index (Phi) is 9.64. The van der Waals surface area contributed by atoms with Gasteiger partial charge in [0.2, 0.25) is 0 Å². The van der Waals surface area contributed by atoms with E-state index in [2.05, 4.69) is 9.21 Å². The summed E-state index contributed by atoms with van der Waals surface area (Å²) in [4.78, 5) is 28.0. The van der Waals surface area contributed by atoms with Crippen LogP contribution in [0.1, 0.15) is 19.8 Å². The van der Waals surface area contributed by atoms with Crippen molar-refractivity contribution in [2.45, 2.75) is 25.8 Å². The third-order valence-corrected chi connectivity index (χ3v) is 7.85. The molecule has 7 nitrogen and oxygen atoms in total. The van der Waals surface area contributed by atoms with Gasteiger partial charge in [0.05, 0.1) is 21.0 Å². The van der Waals surface area contributed by atoms with Crippen LogP contribution in [-0.4, -0.2) is 88.8 Å². The molecule has 2 fully saturated rings. The van der Waals surface area contributed by atoms with Gasteiger partial charge in [-0.25, -0.2) is 4.31 Å². The van der Waals surface area contributed by atoms with Gasteiger partial charge in [0, 0.05) is 50.6 Å². The van der Waals surface area contributed by atoms with Crippen LogP contribution >= 0.6 is 46.8 Å². The fourth-order valence-electron chi connectivity index (χ4n) is 4.01. The molecule has 0 saturated carbocycles. The predicted octanol–water partition coefficient (Wildman–Crippen LogP) is 4.00. The number of hydrogen-bond donors (Lipinski definition) is 1. The number of benzene rings is 1. The molecule has 178 valence electrons. The number of carboxylic acid groups (broad SMARTS) is 1. The monoisotopic (exact) mass is 523 g/mol. The fourth-order valence-corrected chi connectivity index (χ4v) is 5.73. The first-order valence-corrected chi connectivity index (χ1v) is 12.7. The lowest BCUT2D eigenvalue weighted by atomic mass is 9.98. The number of amides is 1. The van der Waals surface area contributed by atoms with Gasteiger partial charge in [0.15, 0.2) is 6.61 Å². The van der Waals surface area contributed by atoms with Crippen LogP contribution in [0.5, 0.6) is 5.75 Å². The summed E-state index contributed by atoms with van der Waals surface area (Å²) in [5.74, 6) is 0.203. The highest BCUT2D eigenvalue weighted by molar-refractivity contribution is 7.97. The second-order valence-corrected chi connectivity index (χ2v) is 10.5. The molecule has 1 unspecified atom stereocenters. The van der Waals surface area contributed by atoms with Gasteiger partial charge in [-0.1, -0.05) is 46.8 Å². The minimum absolute atomic E-state index is 0.0583. The smallest absolute Gasteiger partial charge is 0.307 e. The highest BCUT2D eigenvalue weighted by Gasteiger charge is 2.29. The summed E-state index contributed by atoms with van der Waals surface area (Å²) in [6, 6.07) is 3.07. The van der Waals surface area contributed by atoms with E-state index in [4.69, 9.17) is 39.5 Å². The lowest BCUT2D eigenvalue weighted by Gasteiger charge is -2.39. The third kappa shape index (κ3) is 7.05. The van der Waals surface area contributed by atoms with Crippen molar-refractivity contribution >= 4 is 58.6 Å². The van der Waals surface area contributed by atoms with Gasteiger partial charge in [0.25, 0.3) is 5.91 Å². The molecule has 1 aromatic rings. The number of carbonyl (C=O) groups excluding carboxylic acids is 1. The third-order valence-electron chi connectivity index (χ3n) is 5.77. The largest absolute Gasteiger partial charge is 0.482 e. The SMILES string of the molecule is C[C@H]1CN(SCCN2CCCC(C(=O)O)C2)CCN1C(=O)COc1cc(Cl)c(Cl)cc1Cl. The van der Waals surface area contributed by atoms with Gasteiger partial charge in [0.1, 0.15) is 5.75 Å². The standard InChI is InChI=1S/C21H28Cl3N3O4S/c1-14-11-26(32-8-7-25-4-2-3-15(12-25)21(29)30)5-6-27(14)20(28)13-31-19-10-17(23)16(22)9-18(19)24/h9-10,14-15H,2-8,11-13H2,1H3,(H,29,30)/t14-,15?/m0/s1. The molecule has 2 aliphatic rings. The molecule has 1 amide bonds. The van der Waals surface area contributed by atoms with Gasteiger partial charge in [-0.05, 0) is 32.4 Å². The van der Waals surface area contributed by atoms with Crippen molar-refractivity contribution in [3.8, 4) is 5.75 Å². The minimum Gasteiger partial charge on any atom is -0.482 e. The molecule has 0 bridgehead atoms. The van der Waals surface area contributed by atoms with E-state index in [1.807, 2.05) is 11.8 Å². The summed E-state index contributed by atoms with van der Waals surface area (Å²) in [5, 5.41) is 10.2. The number of nitrogens with zero attached hydrogens (tertiary/aromatic N) is 3. The van der Waals surface area contributed by atoms with E-state index in [-0.39, 0.29) is 24.5 Å². The lowest BCUT2D eigenvalue weighted by molar-refractivity contribution is -0.143. The van der Waals surface area contributed by atoms with Crippen molar-refractivity contribution in [3.05, 3.63) is 27.2 Å². The molecule has 2 atom stereocenters. The number of hydrogen-bond acceptors (Lipinski definition) is 6. The van der Waals surface area contributed by atoms with Crippen LogP contribution in [0.3, 0.4) is 0 Å². The van der Waals surface area contributed by atoms with Crippen molar-refractivity contribution in [2.24, 2.45) is 5.92 Å². The zero-order chi connectivity index (χ0) is 23.3. The number of halogens is 3. The van der Waals surface area contributed by atoms with E-state index in [0.29, 0.717) is 33.9 Å². The van der Waals surface area contributed by atoms with E-state index in [9.17, 15) is 14.7 Å². The summed E-state index contributed by atoms with van der Waals surface area (Å²) in [5.41, 5.74) is 0. The first-order valence-electron chi connectivity index (χ1n) is 10.6. The topological polar surface area (TPSA) is 73.3 Å². The van der Waals surface area contributed by atoms with Gasteiger partial charge >= 0.3 is 5.97 Å². The molecule has 0 aliphatic carbocycles. The first kappa shape index (κ1) is 25.7. The van der Waals surface area contributed by atoms with Crippen molar-refractivity contribution in [3.63, 3.8) is 0 Å². The average Bonchev–Trinajstić information content (AvgIpc) is 2.75. The number of rotatable bonds is 8. The summed E-state index contributed by atoms with van der Waals surface area (Å²) in [6.45, 7) is 6.54. The maximum absolute atomic E-state index is 12.7. The molecule has 2 saturated heterocycles. The second-order valence-electron chi connectivity index (χ2n) is 8.12. The van der Waals surface area contributed by atoms with Crippen molar-refractivity contribution in [1.29, 1.82) is 0 Å². The van der Waals surface area contributed by atoms with Gasteiger partial charge in [-0.2, -0.15) is 0 Å². The first-order chi connectivity index (χ1) is 15.2. The van der Waals surface area contributed by atoms with Crippen LogP contribution in [0.25, 0.3) is 0 Å². The number of piperidine rings is 1. The fraction of sp³-hybridized carbons (Fsp3) is 0.619. The zero-order valence-electron chi connectivity index (χ0n) is 17.9. The molecule has 1 N–H and O–H groups in total. The number of carboxylic acids is 1. The Morgan fingerprint density at radius 2 is 1.88 bits per heavy atom. The molecule has 2 heterocycles. The molecular formula is C21H28Cl3N3O4S. The highest BCUT2D eigenvalue weighted by Crippen LogP contribution is 2.34. The molecule has 11 heteroatoms. The van der Waals surface area contributed by atoms with Crippen LogP contribution in [-0.2, 0) is 9.59 Å². The number of ether oxygens (including phenoxy) is 1. The van der Waals surface area contributed by atoms with Crippen LogP contribution in [0, 0.1) is 5.92 Å². The van der Waals surface area contributed by atoms with Crippen LogP contribution < -0.4 is 4.74 Å². The Morgan fingerprint density at radius 3 is 2.59 bits per heavy atom. The van der Waals surface area contributed by atoms with E-state index >= 15 is 0 Å². The molecule has 0 spiro atoms. The van der Waals surface area contributed by atoms with Crippen LogP contribution in [0.2, 0.25) is 15.1 Å². The Morgan fingerprint density at radius 1 is 1.12 bits per heavy atom. The molecule has 2 aliphatic heterocycles. The Hall–Kier alpha value is -0.900. The molecule has 0 radical (unpaired) electrons. The number of likely N-dealkylation sites (tertiary alicyclic amines) is 1. The number of piperazine rings is 1. The summed E-state index contributed by atoms with van der Waals surface area (Å²) in [6.07, 6.45) is 1.71. The van der Waals surface area contributed by atoms with Crippen molar-refractivity contribution < 1.29 is 19.4 Å². The summed E-state index contributed by atoms with van der Waals surface area (Å²) in [7, 11) is 0. The van der Waals surface area contributed by atoms with E-state index in [0.717, 1.165) is 44.8 Å². The van der Waals surface area contributed by atoms with Gasteiger partial charge in [-0.3, -0.25) is 9.59 Å². The maximum Gasteiger partial charge on any atom is 0.307 e. The molecule has 0 aromatic heterocycles. The van der Waals surface area contributed by atoms with E-state index in [1.54, 1.807) is 11.9 Å². The molecule has 32 heavy (non-hydrogen) atoms. The normalized spacial score (nSPS) is 22.7. The van der Waals surface area contributed by atoms with Crippen LogP contribution in [0.15, 0.2) is 12.1 Å². The molecule has 1 aromatic carbocycles. The van der Waals surface area contributed by atoms with Crippen LogP contribution in [0.4, 0.5) is 0 Å². The predicted molar refractivity (Wildman–Crippen MR) is 129 cm³/mol. The molecule has 3 rings (SSSR count). The Balaban J connectivity index is 1.39. The number of aliphatic carboxylic acids is 1. The van der Waals surface area contributed by atoms with Gasteiger partial charge in [-0.15, -0.1) is 0 Å². The van der Waals surface area contributed by atoms with Crippen molar-refractivity contribution in [2.75, 3.05) is 51.6 Å². The minimum atomic E-state index is -0.692. The molecular weight excluding hydrogens is 497 g/mol. The summed E-state index contributed by atoms with van der Waals surface area (Å²) < 4.78 is 7.87. The quantitative estimate of drug-likeness (QED) is 0.407. The lowest BCUT2D eigenvalue weighted by Crippen LogP contribution is -2.53. The van der Waals surface area contributed by atoms with Crippen molar-refractivity contribution in [1.82, 2.24) is 14.1 Å². The highest BCUT2D eigenvalue weighted by atomic mass is 35.5.